The Morgan fingerprint density at radius 1 is 0.939 bits per heavy atom. The molecule has 1 fully saturated rings. The second kappa shape index (κ2) is 8.72. The van der Waals surface area contributed by atoms with E-state index >= 15 is 0 Å². The molecule has 0 unspecified atom stereocenters. The number of likely N-dealkylation sites (N-methyl/N-ethyl adjacent to an activating group) is 1. The molecule has 0 saturated carbocycles. The Morgan fingerprint density at radius 3 is 2.33 bits per heavy atom. The molecule has 8 nitrogen and oxygen atoms in total. The minimum Gasteiger partial charge on any atom is -0.486 e. The van der Waals surface area contributed by atoms with Gasteiger partial charge in [0.1, 0.15) is 13.2 Å². The number of sulfone groups is 1. The average molecular weight is 470 g/mol. The van der Waals surface area contributed by atoms with Crippen LogP contribution in [0.2, 0.25) is 0 Å². The molecule has 1 aromatic heterocycles. The maximum Gasteiger partial charge on any atom is 0.236 e. The molecule has 0 aliphatic carbocycles. The number of ether oxygens (including phenoxy) is 2. The van der Waals surface area contributed by atoms with Crippen molar-refractivity contribution in [3.8, 4) is 23.0 Å². The van der Waals surface area contributed by atoms with E-state index in [9.17, 15) is 8.42 Å². The number of hydrogen-bond donors (Lipinski definition) is 0. The van der Waals surface area contributed by atoms with Gasteiger partial charge in [-0.05, 0) is 37.7 Å². The van der Waals surface area contributed by atoms with Crippen LogP contribution in [0.1, 0.15) is 12.5 Å². The first-order valence-electron chi connectivity index (χ1n) is 11.2. The van der Waals surface area contributed by atoms with Gasteiger partial charge in [0.2, 0.25) is 26.6 Å². The Bertz CT molecular complexity index is 1250. The predicted octanol–water partition coefficient (Wildman–Crippen LogP) is 3.40. The number of rotatable bonds is 5. The molecule has 2 aromatic carbocycles. The number of oxazole rings is 1. The smallest absolute Gasteiger partial charge is 0.236 e. The molecule has 174 valence electrons. The number of hydrogen-bond acceptors (Lipinski definition) is 8. The maximum absolute atomic E-state index is 13.7. The summed E-state index contributed by atoms with van der Waals surface area (Å²) in [7, 11) is -3.96. The normalized spacial score (nSPS) is 16.7. The topological polar surface area (TPSA) is 85.1 Å². The second-order valence-corrected chi connectivity index (χ2v) is 10.1. The largest absolute Gasteiger partial charge is 0.486 e. The highest BCUT2D eigenvalue weighted by Crippen LogP contribution is 2.38. The van der Waals surface area contributed by atoms with Gasteiger partial charge in [-0.1, -0.05) is 24.6 Å². The molecule has 5 rings (SSSR count). The van der Waals surface area contributed by atoms with Gasteiger partial charge in [-0.25, -0.2) is 8.42 Å². The number of anilines is 1. The lowest BCUT2D eigenvalue weighted by Crippen LogP contribution is -2.46. The molecule has 3 aromatic rings. The number of aryl methyl sites for hydroxylation is 1. The van der Waals surface area contributed by atoms with Crippen LogP contribution in [0.25, 0.3) is 11.5 Å². The van der Waals surface area contributed by atoms with Crippen LogP contribution >= 0.6 is 0 Å². The highest BCUT2D eigenvalue weighted by Gasteiger charge is 2.33. The second-order valence-electron chi connectivity index (χ2n) is 8.23. The summed E-state index contributed by atoms with van der Waals surface area (Å²) in [6.45, 7) is 8.90. The molecule has 0 atom stereocenters. The van der Waals surface area contributed by atoms with Gasteiger partial charge < -0.3 is 23.7 Å². The zero-order valence-corrected chi connectivity index (χ0v) is 19.6. The molecule has 2 aliphatic heterocycles. The van der Waals surface area contributed by atoms with Crippen molar-refractivity contribution in [2.24, 2.45) is 0 Å². The summed E-state index contributed by atoms with van der Waals surface area (Å²) < 4.78 is 44.8. The molecule has 2 aliphatic rings. The maximum atomic E-state index is 13.7. The highest BCUT2D eigenvalue weighted by atomic mass is 32.2. The van der Waals surface area contributed by atoms with Crippen LogP contribution in [0.4, 0.5) is 5.88 Å². The Hall–Kier alpha value is -3.04. The van der Waals surface area contributed by atoms with Crippen LogP contribution in [0, 0.1) is 6.92 Å². The van der Waals surface area contributed by atoms with Crippen LogP contribution in [-0.2, 0) is 9.84 Å². The standard InChI is InChI=1S/C24H27N3O5S/c1-3-26-10-12-27(13-11-26)24-23(25-22(32-24)18-6-4-17(2)5-7-18)33(28,29)19-8-9-20-21(16-19)31-15-14-30-20/h4-9,16H,3,10-15H2,1-2H3. The van der Waals surface area contributed by atoms with Crippen LogP contribution in [0.3, 0.4) is 0 Å². The molecule has 0 bridgehead atoms. The van der Waals surface area contributed by atoms with Crippen molar-refractivity contribution in [1.29, 1.82) is 0 Å². The number of fused-ring (bicyclic) bond motifs is 1. The summed E-state index contributed by atoms with van der Waals surface area (Å²) in [5, 5.41) is -0.0697. The molecular weight excluding hydrogens is 442 g/mol. The van der Waals surface area contributed by atoms with Gasteiger partial charge in [0, 0.05) is 37.8 Å². The summed E-state index contributed by atoms with van der Waals surface area (Å²) in [6.07, 6.45) is 0. The van der Waals surface area contributed by atoms with Crippen molar-refractivity contribution < 1.29 is 22.3 Å². The van der Waals surface area contributed by atoms with Crippen LogP contribution in [0.15, 0.2) is 56.8 Å². The van der Waals surface area contributed by atoms with Crippen molar-refractivity contribution in [3.63, 3.8) is 0 Å². The lowest BCUT2D eigenvalue weighted by molar-refractivity contribution is 0.171. The summed E-state index contributed by atoms with van der Waals surface area (Å²) in [5.74, 6) is 1.54. The fraction of sp³-hybridized carbons (Fsp3) is 0.375. The van der Waals surface area contributed by atoms with E-state index in [1.54, 1.807) is 6.07 Å². The van der Waals surface area contributed by atoms with Crippen molar-refractivity contribution in [3.05, 3.63) is 48.0 Å². The Balaban J connectivity index is 1.58. The highest BCUT2D eigenvalue weighted by molar-refractivity contribution is 7.91. The van der Waals surface area contributed by atoms with E-state index in [0.717, 1.165) is 30.8 Å². The number of aromatic nitrogens is 1. The number of nitrogens with zero attached hydrogens (tertiary/aromatic N) is 3. The van der Waals surface area contributed by atoms with Gasteiger partial charge in [0.25, 0.3) is 0 Å². The van der Waals surface area contributed by atoms with Crippen molar-refractivity contribution in [2.75, 3.05) is 50.8 Å². The van der Waals surface area contributed by atoms with E-state index in [1.807, 2.05) is 36.1 Å². The minimum atomic E-state index is -3.96. The van der Waals surface area contributed by atoms with E-state index in [1.165, 1.54) is 12.1 Å². The third-order valence-corrected chi connectivity index (χ3v) is 7.71. The van der Waals surface area contributed by atoms with Gasteiger partial charge >= 0.3 is 0 Å². The molecule has 0 N–H and O–H groups in total. The van der Waals surface area contributed by atoms with Crippen LogP contribution in [-0.4, -0.2) is 64.2 Å². The first-order chi connectivity index (χ1) is 16.0. The summed E-state index contributed by atoms with van der Waals surface area (Å²) in [6, 6.07) is 12.3. The van der Waals surface area contributed by atoms with Gasteiger partial charge in [-0.3, -0.25) is 0 Å². The molecule has 0 radical (unpaired) electrons. The van der Waals surface area contributed by atoms with Gasteiger partial charge in [0.15, 0.2) is 11.5 Å². The van der Waals surface area contributed by atoms with Gasteiger partial charge in [0.05, 0.1) is 4.90 Å². The summed E-state index contributed by atoms with van der Waals surface area (Å²) >= 11 is 0. The lowest BCUT2D eigenvalue weighted by atomic mass is 10.1. The number of benzene rings is 2. The fourth-order valence-corrected chi connectivity index (χ4v) is 5.40. The summed E-state index contributed by atoms with van der Waals surface area (Å²) in [5.41, 5.74) is 1.84. The Labute approximate surface area is 193 Å². The third-order valence-electron chi connectivity index (χ3n) is 6.06. The minimum absolute atomic E-state index is 0.0697. The fourth-order valence-electron chi connectivity index (χ4n) is 4.06. The van der Waals surface area contributed by atoms with E-state index in [2.05, 4.69) is 16.8 Å². The van der Waals surface area contributed by atoms with Crippen molar-refractivity contribution >= 4 is 15.7 Å². The Kier molecular flexibility index (Phi) is 5.76. The van der Waals surface area contributed by atoms with Crippen LogP contribution < -0.4 is 14.4 Å². The molecule has 1 saturated heterocycles. The van der Waals surface area contributed by atoms with E-state index in [0.29, 0.717) is 43.7 Å². The Morgan fingerprint density at radius 2 is 1.64 bits per heavy atom. The van der Waals surface area contributed by atoms with E-state index in [-0.39, 0.29) is 15.8 Å². The van der Waals surface area contributed by atoms with Crippen LogP contribution in [0.5, 0.6) is 11.5 Å². The molecule has 0 spiro atoms. The third kappa shape index (κ3) is 4.18. The van der Waals surface area contributed by atoms with Gasteiger partial charge in [-0.15, -0.1) is 0 Å². The summed E-state index contributed by atoms with van der Waals surface area (Å²) in [4.78, 5) is 8.90. The van der Waals surface area contributed by atoms with Crippen molar-refractivity contribution in [1.82, 2.24) is 9.88 Å². The average Bonchev–Trinajstić information content (AvgIpc) is 3.30. The zero-order chi connectivity index (χ0) is 23.0. The van der Waals surface area contributed by atoms with Gasteiger partial charge in [-0.2, -0.15) is 4.98 Å². The molecule has 33 heavy (non-hydrogen) atoms. The monoisotopic (exact) mass is 469 g/mol. The van der Waals surface area contributed by atoms with E-state index < -0.39 is 9.84 Å². The molecule has 0 amide bonds. The molecule has 3 heterocycles. The quantitative estimate of drug-likeness (QED) is 0.562. The van der Waals surface area contributed by atoms with Crippen molar-refractivity contribution in [2.45, 2.75) is 23.8 Å². The predicted molar refractivity (Wildman–Crippen MR) is 124 cm³/mol. The molecule has 9 heteroatoms. The molecular formula is C24H27N3O5S. The first kappa shape index (κ1) is 21.8. The zero-order valence-electron chi connectivity index (χ0n) is 18.8. The SMILES string of the molecule is CCN1CCN(c2oc(-c3ccc(C)cc3)nc2S(=O)(=O)c2ccc3c(c2)OCCO3)CC1. The first-order valence-corrected chi connectivity index (χ1v) is 12.6. The lowest BCUT2D eigenvalue weighted by Gasteiger charge is -2.33. The number of piperazine rings is 1. The van der Waals surface area contributed by atoms with E-state index in [4.69, 9.17) is 13.9 Å².